The van der Waals surface area contributed by atoms with Gasteiger partial charge in [0.15, 0.2) is 11.6 Å². The highest BCUT2D eigenvalue weighted by molar-refractivity contribution is 14.1. The van der Waals surface area contributed by atoms with E-state index in [2.05, 4.69) is 22.6 Å². The van der Waals surface area contributed by atoms with Gasteiger partial charge in [0.25, 0.3) is 11.8 Å². The number of carbonyl (C=O) groups is 2. The molecular formula is C22H27IN2O6. The molecule has 0 saturated carbocycles. The van der Waals surface area contributed by atoms with Crippen LogP contribution in [0.5, 0.6) is 0 Å². The number of likely N-dealkylation sites (tertiary alicyclic amines) is 2. The molecule has 0 aliphatic carbocycles. The van der Waals surface area contributed by atoms with Crippen LogP contribution in [0.25, 0.3) is 0 Å². The lowest BCUT2D eigenvalue weighted by Gasteiger charge is -2.38. The van der Waals surface area contributed by atoms with Gasteiger partial charge in [0, 0.05) is 66.6 Å². The largest absolute Gasteiger partial charge is 0.347 e. The molecule has 1 aromatic rings. The highest BCUT2D eigenvalue weighted by atomic mass is 127. The van der Waals surface area contributed by atoms with E-state index in [4.69, 9.17) is 18.9 Å². The van der Waals surface area contributed by atoms with E-state index in [1.165, 1.54) is 0 Å². The third-order valence-corrected chi connectivity index (χ3v) is 7.27. The summed E-state index contributed by atoms with van der Waals surface area (Å²) < 4.78 is 23.9. The Kier molecular flexibility index (Phi) is 5.97. The zero-order valence-corrected chi connectivity index (χ0v) is 19.6. The molecule has 5 rings (SSSR count). The summed E-state index contributed by atoms with van der Waals surface area (Å²) in [5, 5.41) is 0. The number of carbonyl (C=O) groups excluding carboxylic acids is 2. The van der Waals surface area contributed by atoms with Crippen LogP contribution in [0.15, 0.2) is 18.2 Å². The Morgan fingerprint density at radius 3 is 1.39 bits per heavy atom. The van der Waals surface area contributed by atoms with Crippen LogP contribution in [0.4, 0.5) is 0 Å². The van der Waals surface area contributed by atoms with Crippen molar-refractivity contribution < 1.29 is 28.5 Å². The summed E-state index contributed by atoms with van der Waals surface area (Å²) >= 11 is 2.17. The number of amides is 2. The lowest BCUT2D eigenvalue weighted by Crippen LogP contribution is -2.47. The number of hydrogen-bond acceptors (Lipinski definition) is 6. The Labute approximate surface area is 195 Å². The third kappa shape index (κ3) is 4.35. The van der Waals surface area contributed by atoms with Crippen molar-refractivity contribution in [3.63, 3.8) is 0 Å². The molecule has 0 bridgehead atoms. The predicted molar refractivity (Wildman–Crippen MR) is 119 cm³/mol. The smallest absolute Gasteiger partial charge is 0.253 e. The van der Waals surface area contributed by atoms with Crippen molar-refractivity contribution in [3.8, 4) is 0 Å². The van der Waals surface area contributed by atoms with E-state index >= 15 is 0 Å². The molecule has 0 aromatic heterocycles. The summed E-state index contributed by atoms with van der Waals surface area (Å²) in [5.74, 6) is -1.13. The molecule has 2 amide bonds. The van der Waals surface area contributed by atoms with Crippen LogP contribution >= 0.6 is 22.6 Å². The minimum Gasteiger partial charge on any atom is -0.347 e. The van der Waals surface area contributed by atoms with Gasteiger partial charge in [0.2, 0.25) is 0 Å². The molecule has 0 N–H and O–H groups in total. The molecule has 4 saturated heterocycles. The number of rotatable bonds is 2. The van der Waals surface area contributed by atoms with Crippen molar-refractivity contribution in [2.24, 2.45) is 0 Å². The minimum absolute atomic E-state index is 0.0502. The molecule has 0 atom stereocenters. The number of piperidine rings is 2. The van der Waals surface area contributed by atoms with Crippen molar-refractivity contribution in [3.05, 3.63) is 32.9 Å². The Morgan fingerprint density at radius 2 is 1.03 bits per heavy atom. The van der Waals surface area contributed by atoms with Gasteiger partial charge in [-0.2, -0.15) is 0 Å². The number of nitrogens with zero attached hydrogens (tertiary/aromatic N) is 2. The molecule has 1 aromatic carbocycles. The van der Waals surface area contributed by atoms with Gasteiger partial charge in [0.05, 0.1) is 26.4 Å². The molecule has 0 unspecified atom stereocenters. The molecule has 4 aliphatic rings. The lowest BCUT2D eigenvalue weighted by atomic mass is 10.0. The number of hydrogen-bond donors (Lipinski definition) is 0. The van der Waals surface area contributed by atoms with Crippen LogP contribution in [0.3, 0.4) is 0 Å². The highest BCUT2D eigenvalue weighted by Gasteiger charge is 2.42. The van der Waals surface area contributed by atoms with E-state index < -0.39 is 11.6 Å². The lowest BCUT2D eigenvalue weighted by molar-refractivity contribution is -0.182. The van der Waals surface area contributed by atoms with E-state index in [-0.39, 0.29) is 11.8 Å². The molecule has 9 heteroatoms. The highest BCUT2D eigenvalue weighted by Crippen LogP contribution is 2.33. The number of benzene rings is 1. The van der Waals surface area contributed by atoms with Crippen molar-refractivity contribution in [1.29, 1.82) is 0 Å². The molecule has 4 heterocycles. The monoisotopic (exact) mass is 542 g/mol. The zero-order chi connectivity index (χ0) is 21.5. The Hall–Kier alpha value is -1.27. The fourth-order valence-electron chi connectivity index (χ4n) is 4.87. The van der Waals surface area contributed by atoms with Crippen molar-refractivity contribution in [2.75, 3.05) is 52.6 Å². The number of ether oxygens (including phenoxy) is 4. The van der Waals surface area contributed by atoms with Gasteiger partial charge in [-0.3, -0.25) is 9.59 Å². The van der Waals surface area contributed by atoms with Gasteiger partial charge >= 0.3 is 0 Å². The SMILES string of the molecule is O=C(c1cc(I)cc(C(=O)N2CCC3(CC2)OCCO3)c1)N1CCC2(CC1)OCCO2. The molecule has 4 fully saturated rings. The van der Waals surface area contributed by atoms with Crippen LogP contribution in [0.2, 0.25) is 0 Å². The van der Waals surface area contributed by atoms with E-state index in [0.29, 0.717) is 89.4 Å². The van der Waals surface area contributed by atoms with Crippen LogP contribution in [-0.2, 0) is 18.9 Å². The summed E-state index contributed by atoms with van der Waals surface area (Å²) in [5.41, 5.74) is 1.10. The Morgan fingerprint density at radius 1 is 0.677 bits per heavy atom. The topological polar surface area (TPSA) is 77.5 Å². The van der Waals surface area contributed by atoms with Gasteiger partial charge < -0.3 is 28.7 Å². The van der Waals surface area contributed by atoms with Crippen molar-refractivity contribution in [2.45, 2.75) is 37.3 Å². The maximum atomic E-state index is 13.2. The van der Waals surface area contributed by atoms with E-state index in [1.54, 1.807) is 6.07 Å². The molecule has 4 aliphatic heterocycles. The van der Waals surface area contributed by atoms with Gasteiger partial charge in [-0.15, -0.1) is 0 Å². The molecule has 168 valence electrons. The molecule has 31 heavy (non-hydrogen) atoms. The number of halogens is 1. The predicted octanol–water partition coefficient (Wildman–Crippen LogP) is 2.25. The molecule has 0 radical (unpaired) electrons. The second-order valence-corrected chi connectivity index (χ2v) is 9.77. The summed E-state index contributed by atoms with van der Waals surface area (Å²) in [7, 11) is 0. The van der Waals surface area contributed by atoms with Crippen LogP contribution < -0.4 is 0 Å². The van der Waals surface area contributed by atoms with Gasteiger partial charge in [-0.1, -0.05) is 0 Å². The van der Waals surface area contributed by atoms with Crippen molar-refractivity contribution >= 4 is 34.4 Å². The maximum Gasteiger partial charge on any atom is 0.253 e. The summed E-state index contributed by atoms with van der Waals surface area (Å²) in [4.78, 5) is 30.0. The average Bonchev–Trinajstić information content (AvgIpc) is 3.44. The quantitative estimate of drug-likeness (QED) is 0.534. The van der Waals surface area contributed by atoms with Crippen molar-refractivity contribution in [1.82, 2.24) is 9.80 Å². The average molecular weight is 542 g/mol. The first-order valence-electron chi connectivity index (χ1n) is 10.9. The summed E-state index contributed by atoms with van der Waals surface area (Å²) in [6, 6.07) is 5.42. The van der Waals surface area contributed by atoms with Crippen LogP contribution in [0, 0.1) is 3.57 Å². The molecular weight excluding hydrogens is 515 g/mol. The molecule has 2 spiro atoms. The summed E-state index contributed by atoms with van der Waals surface area (Å²) in [6.45, 7) is 4.81. The minimum atomic E-state index is -0.513. The first-order chi connectivity index (χ1) is 15.0. The van der Waals surface area contributed by atoms with Gasteiger partial charge in [0.1, 0.15) is 0 Å². The van der Waals surface area contributed by atoms with Gasteiger partial charge in [-0.05, 0) is 40.8 Å². The standard InChI is InChI=1S/C22H27IN2O6/c23-18-14-16(19(26)24-5-1-21(2-6-24)28-9-10-29-21)13-17(15-18)20(27)25-7-3-22(4-8-25)30-11-12-31-22/h13-15H,1-12H2. The second-order valence-electron chi connectivity index (χ2n) is 8.53. The third-order valence-electron chi connectivity index (χ3n) is 6.64. The zero-order valence-electron chi connectivity index (χ0n) is 17.4. The normalized spacial score (nSPS) is 24.8. The Balaban J connectivity index is 1.25. The second kappa shape index (κ2) is 8.58. The maximum absolute atomic E-state index is 13.2. The first kappa shape index (κ1) is 21.6. The Bertz CT molecular complexity index is 779. The van der Waals surface area contributed by atoms with Gasteiger partial charge in [-0.25, -0.2) is 0 Å². The van der Waals surface area contributed by atoms with Crippen LogP contribution in [0.1, 0.15) is 46.4 Å². The first-order valence-corrected chi connectivity index (χ1v) is 12.0. The fourth-order valence-corrected chi connectivity index (χ4v) is 5.55. The van der Waals surface area contributed by atoms with Crippen LogP contribution in [-0.4, -0.2) is 85.8 Å². The fraction of sp³-hybridized carbons (Fsp3) is 0.636. The van der Waals surface area contributed by atoms with E-state index in [9.17, 15) is 9.59 Å². The van der Waals surface area contributed by atoms with E-state index in [0.717, 1.165) is 3.57 Å². The van der Waals surface area contributed by atoms with E-state index in [1.807, 2.05) is 21.9 Å². The molecule has 8 nitrogen and oxygen atoms in total. The summed E-state index contributed by atoms with van der Waals surface area (Å²) in [6.07, 6.45) is 2.70.